The van der Waals surface area contributed by atoms with E-state index in [1.165, 1.54) is 12.1 Å². The highest BCUT2D eigenvalue weighted by Crippen LogP contribution is 2.22. The van der Waals surface area contributed by atoms with Crippen molar-refractivity contribution in [2.45, 2.75) is 11.3 Å². The lowest BCUT2D eigenvalue weighted by Crippen LogP contribution is -1.99. The van der Waals surface area contributed by atoms with Crippen LogP contribution in [0.2, 0.25) is 0 Å². The van der Waals surface area contributed by atoms with Crippen molar-refractivity contribution in [1.82, 2.24) is 0 Å². The normalized spacial score (nSPS) is 11.5. The zero-order valence-electron chi connectivity index (χ0n) is 11.8. The Hall–Kier alpha value is -1.65. The largest absolute Gasteiger partial charge is 0.294 e. The fourth-order valence-corrected chi connectivity index (χ4v) is 2.63. The molecule has 114 valence electrons. The van der Waals surface area contributed by atoms with Gasteiger partial charge in [-0.25, -0.2) is 8.78 Å². The molecule has 0 saturated heterocycles. The standard InChI is InChI=1S/C17H13ClF2OS/c1-22-14-4-2-3-11(8-14)7-13(21)10-15(18)12-5-6-16(19)17(20)9-12/h2-6,8-10H,7H2,1H3. The minimum absolute atomic E-state index is 0.0879. The third kappa shape index (κ3) is 4.42. The maximum Gasteiger partial charge on any atom is 0.161 e. The molecule has 2 aromatic carbocycles. The Morgan fingerprint density at radius 2 is 1.95 bits per heavy atom. The second-order valence-corrected chi connectivity index (χ2v) is 5.90. The summed E-state index contributed by atoms with van der Waals surface area (Å²) in [5.41, 5.74) is 1.15. The Morgan fingerprint density at radius 3 is 2.64 bits per heavy atom. The molecule has 2 aromatic rings. The molecule has 0 aliphatic carbocycles. The minimum atomic E-state index is -0.996. The van der Waals surface area contributed by atoms with Crippen molar-refractivity contribution in [2.75, 3.05) is 6.26 Å². The van der Waals surface area contributed by atoms with Gasteiger partial charge in [-0.15, -0.1) is 11.8 Å². The van der Waals surface area contributed by atoms with Crippen LogP contribution >= 0.6 is 23.4 Å². The molecule has 0 aliphatic rings. The van der Waals surface area contributed by atoms with E-state index < -0.39 is 11.6 Å². The fraction of sp³-hybridized carbons (Fsp3) is 0.118. The molecule has 0 heterocycles. The van der Waals surface area contributed by atoms with Crippen LogP contribution in [0.25, 0.3) is 5.03 Å². The van der Waals surface area contributed by atoms with Gasteiger partial charge in [0.1, 0.15) is 0 Å². The topological polar surface area (TPSA) is 17.1 Å². The van der Waals surface area contributed by atoms with Gasteiger partial charge in [0.15, 0.2) is 17.4 Å². The third-order valence-corrected chi connectivity index (χ3v) is 4.05. The van der Waals surface area contributed by atoms with Gasteiger partial charge >= 0.3 is 0 Å². The number of thioether (sulfide) groups is 1. The van der Waals surface area contributed by atoms with E-state index in [-0.39, 0.29) is 22.8 Å². The molecule has 0 amide bonds. The van der Waals surface area contributed by atoms with Crippen LogP contribution in [-0.4, -0.2) is 12.0 Å². The molecule has 0 saturated carbocycles. The van der Waals surface area contributed by atoms with Gasteiger partial charge in [-0.2, -0.15) is 0 Å². The first kappa shape index (κ1) is 16.7. The molecule has 0 atom stereocenters. The van der Waals surface area contributed by atoms with Crippen LogP contribution in [0.1, 0.15) is 11.1 Å². The maximum absolute atomic E-state index is 13.2. The van der Waals surface area contributed by atoms with E-state index in [9.17, 15) is 13.6 Å². The van der Waals surface area contributed by atoms with Gasteiger partial charge in [-0.3, -0.25) is 4.79 Å². The van der Waals surface area contributed by atoms with E-state index in [1.54, 1.807) is 11.8 Å². The number of ketones is 1. The minimum Gasteiger partial charge on any atom is -0.294 e. The van der Waals surface area contributed by atoms with E-state index in [2.05, 4.69) is 0 Å². The monoisotopic (exact) mass is 338 g/mol. The average molecular weight is 339 g/mol. The molecular weight excluding hydrogens is 326 g/mol. The quantitative estimate of drug-likeness (QED) is 0.558. The summed E-state index contributed by atoms with van der Waals surface area (Å²) in [6.07, 6.45) is 3.40. The number of carbonyl (C=O) groups is 1. The van der Waals surface area contributed by atoms with E-state index in [0.717, 1.165) is 22.6 Å². The highest BCUT2D eigenvalue weighted by molar-refractivity contribution is 7.98. The molecule has 0 aliphatic heterocycles. The second kappa shape index (κ2) is 7.56. The van der Waals surface area contributed by atoms with Crippen molar-refractivity contribution in [3.8, 4) is 0 Å². The highest BCUT2D eigenvalue weighted by atomic mass is 35.5. The molecular formula is C17H13ClF2OS. The fourth-order valence-electron chi connectivity index (χ4n) is 1.90. The number of halogens is 3. The Bertz CT molecular complexity index is 728. The molecule has 5 heteroatoms. The summed E-state index contributed by atoms with van der Waals surface area (Å²) >= 11 is 7.59. The van der Waals surface area contributed by atoms with Crippen LogP contribution in [0.5, 0.6) is 0 Å². The number of hydrogen-bond acceptors (Lipinski definition) is 2. The van der Waals surface area contributed by atoms with Gasteiger partial charge in [0.25, 0.3) is 0 Å². The summed E-state index contributed by atoms with van der Waals surface area (Å²) in [5, 5.41) is 0.0879. The lowest BCUT2D eigenvalue weighted by Gasteiger charge is -2.03. The number of benzene rings is 2. The van der Waals surface area contributed by atoms with Gasteiger partial charge in [0.05, 0.1) is 5.03 Å². The summed E-state index contributed by atoms with van der Waals surface area (Å²) < 4.78 is 26.0. The van der Waals surface area contributed by atoms with Gasteiger partial charge < -0.3 is 0 Å². The smallest absolute Gasteiger partial charge is 0.161 e. The van der Waals surface area contributed by atoms with Crippen molar-refractivity contribution in [2.24, 2.45) is 0 Å². The first-order valence-electron chi connectivity index (χ1n) is 6.48. The zero-order valence-corrected chi connectivity index (χ0v) is 13.3. The van der Waals surface area contributed by atoms with Gasteiger partial charge in [0.2, 0.25) is 0 Å². The van der Waals surface area contributed by atoms with Crippen LogP contribution < -0.4 is 0 Å². The molecule has 0 aromatic heterocycles. The zero-order chi connectivity index (χ0) is 16.1. The van der Waals surface area contributed by atoms with Crippen LogP contribution in [-0.2, 0) is 11.2 Å². The van der Waals surface area contributed by atoms with E-state index in [4.69, 9.17) is 11.6 Å². The summed E-state index contributed by atoms with van der Waals surface area (Å²) in [5.74, 6) is -2.15. The predicted molar refractivity (Wildman–Crippen MR) is 87.1 cm³/mol. The Labute approximate surface area is 137 Å². The number of hydrogen-bond donors (Lipinski definition) is 0. The van der Waals surface area contributed by atoms with Crippen molar-refractivity contribution in [3.63, 3.8) is 0 Å². The SMILES string of the molecule is CSc1cccc(CC(=O)C=C(Cl)c2ccc(F)c(F)c2)c1. The molecule has 0 fully saturated rings. The molecule has 0 radical (unpaired) electrons. The molecule has 0 spiro atoms. The molecule has 0 unspecified atom stereocenters. The van der Waals surface area contributed by atoms with Gasteiger partial charge in [-0.05, 0) is 41.6 Å². The predicted octanol–water partition coefficient (Wildman–Crippen LogP) is 5.08. The summed E-state index contributed by atoms with van der Waals surface area (Å²) in [6.45, 7) is 0. The lowest BCUT2D eigenvalue weighted by molar-refractivity contribution is -0.113. The summed E-state index contributed by atoms with van der Waals surface area (Å²) in [6, 6.07) is 10.9. The average Bonchev–Trinajstić information content (AvgIpc) is 2.50. The second-order valence-electron chi connectivity index (χ2n) is 4.62. The van der Waals surface area contributed by atoms with Crippen molar-refractivity contribution in [3.05, 3.63) is 71.3 Å². The van der Waals surface area contributed by atoms with Crippen LogP contribution in [0.3, 0.4) is 0 Å². The van der Waals surface area contributed by atoms with Crippen LogP contribution in [0.15, 0.2) is 53.4 Å². The summed E-state index contributed by atoms with van der Waals surface area (Å²) in [4.78, 5) is 13.1. The number of rotatable bonds is 5. The third-order valence-electron chi connectivity index (χ3n) is 3.00. The number of allylic oxidation sites excluding steroid dienone is 1. The Balaban J connectivity index is 2.13. The van der Waals surface area contributed by atoms with E-state index in [1.807, 2.05) is 30.5 Å². The molecule has 22 heavy (non-hydrogen) atoms. The molecule has 0 bridgehead atoms. The van der Waals surface area contributed by atoms with Crippen LogP contribution in [0, 0.1) is 11.6 Å². The molecule has 2 rings (SSSR count). The first-order chi connectivity index (χ1) is 10.5. The Morgan fingerprint density at radius 1 is 1.18 bits per heavy atom. The van der Waals surface area contributed by atoms with Crippen LogP contribution in [0.4, 0.5) is 8.78 Å². The molecule has 0 N–H and O–H groups in total. The lowest BCUT2D eigenvalue weighted by atomic mass is 10.1. The Kier molecular flexibility index (Phi) is 5.75. The molecule has 1 nitrogen and oxygen atoms in total. The highest BCUT2D eigenvalue weighted by Gasteiger charge is 2.08. The van der Waals surface area contributed by atoms with Gasteiger partial charge in [-0.1, -0.05) is 29.8 Å². The number of carbonyl (C=O) groups excluding carboxylic acids is 1. The van der Waals surface area contributed by atoms with Crippen molar-refractivity contribution in [1.29, 1.82) is 0 Å². The maximum atomic E-state index is 13.2. The van der Waals surface area contributed by atoms with Gasteiger partial charge in [0, 0.05) is 17.4 Å². The van der Waals surface area contributed by atoms with E-state index in [0.29, 0.717) is 0 Å². The van der Waals surface area contributed by atoms with Crippen molar-refractivity contribution >= 4 is 34.2 Å². The van der Waals surface area contributed by atoms with E-state index >= 15 is 0 Å². The first-order valence-corrected chi connectivity index (χ1v) is 8.08. The van der Waals surface area contributed by atoms with Crippen molar-refractivity contribution < 1.29 is 13.6 Å². The summed E-state index contributed by atoms with van der Waals surface area (Å²) in [7, 11) is 0.